The first-order chi connectivity index (χ1) is 11.5. The van der Waals surface area contributed by atoms with Crippen LogP contribution in [0.5, 0.6) is 0 Å². The summed E-state index contributed by atoms with van der Waals surface area (Å²) >= 11 is -2.28. The van der Waals surface area contributed by atoms with Gasteiger partial charge in [0.15, 0.2) is 0 Å². The van der Waals surface area contributed by atoms with E-state index in [0.717, 1.165) is 36.2 Å². The standard InChI is InChI=1S/C19H25NO3S/c1-11(2)9-20-10-16-13-5-6-18(21)14(13)8-19(24(22)23)15(16)7-17(20)12-3-4-12/h7-8,11-12,18,21H,3-6,9-10H2,1-2H3,(H,22,23)/p-1. The van der Waals surface area contributed by atoms with Crippen molar-refractivity contribution in [3.63, 3.8) is 0 Å². The number of allylic oxidation sites excluding steroid dienone is 1. The molecule has 1 aromatic rings. The minimum atomic E-state index is -2.28. The van der Waals surface area contributed by atoms with Crippen LogP contribution in [0.15, 0.2) is 16.7 Å². The monoisotopic (exact) mass is 346 g/mol. The molecule has 0 bridgehead atoms. The molecular formula is C19H24NO3S-. The summed E-state index contributed by atoms with van der Waals surface area (Å²) in [6, 6.07) is 1.70. The third kappa shape index (κ3) is 2.72. The van der Waals surface area contributed by atoms with Crippen LogP contribution in [0.3, 0.4) is 0 Å². The zero-order valence-electron chi connectivity index (χ0n) is 14.2. The Morgan fingerprint density at radius 2 is 2.08 bits per heavy atom. The van der Waals surface area contributed by atoms with Gasteiger partial charge in [0.1, 0.15) is 0 Å². The van der Waals surface area contributed by atoms with Gasteiger partial charge in [0.05, 0.1) is 6.10 Å². The van der Waals surface area contributed by atoms with Gasteiger partial charge < -0.3 is 14.6 Å². The molecule has 0 radical (unpaired) electrons. The number of hydrogen-bond acceptors (Lipinski definition) is 4. The molecular weight excluding hydrogens is 322 g/mol. The summed E-state index contributed by atoms with van der Waals surface area (Å²) in [7, 11) is 0. The number of nitrogens with zero attached hydrogens (tertiary/aromatic N) is 1. The molecule has 1 aliphatic heterocycles. The Hall–Kier alpha value is -1.17. The highest BCUT2D eigenvalue weighted by Gasteiger charge is 2.35. The van der Waals surface area contributed by atoms with Crippen molar-refractivity contribution in [1.82, 2.24) is 4.90 Å². The molecule has 1 saturated carbocycles. The predicted octanol–water partition coefficient (Wildman–Crippen LogP) is 3.13. The number of aliphatic hydroxyl groups is 1. The van der Waals surface area contributed by atoms with Crippen LogP contribution in [0.25, 0.3) is 6.08 Å². The molecule has 24 heavy (non-hydrogen) atoms. The topological polar surface area (TPSA) is 63.6 Å². The molecule has 3 aliphatic rings. The summed E-state index contributed by atoms with van der Waals surface area (Å²) in [6.45, 7) is 6.20. The van der Waals surface area contributed by atoms with Gasteiger partial charge >= 0.3 is 0 Å². The fraction of sp³-hybridized carbons (Fsp3) is 0.579. The van der Waals surface area contributed by atoms with Crippen molar-refractivity contribution in [2.75, 3.05) is 6.54 Å². The van der Waals surface area contributed by atoms with Crippen LogP contribution in [0.2, 0.25) is 0 Å². The molecule has 2 aliphatic carbocycles. The second-order valence-electron chi connectivity index (χ2n) is 7.74. The van der Waals surface area contributed by atoms with Crippen LogP contribution in [-0.2, 0) is 24.0 Å². The van der Waals surface area contributed by atoms with E-state index in [9.17, 15) is 13.9 Å². The highest BCUT2D eigenvalue weighted by atomic mass is 32.2. The average molecular weight is 346 g/mol. The summed E-state index contributed by atoms with van der Waals surface area (Å²) in [6.07, 6.45) is 5.53. The Morgan fingerprint density at radius 3 is 2.71 bits per heavy atom. The lowest BCUT2D eigenvalue weighted by molar-refractivity contribution is 0.180. The van der Waals surface area contributed by atoms with Crippen LogP contribution in [0, 0.1) is 11.8 Å². The lowest BCUT2D eigenvalue weighted by atomic mass is 9.92. The van der Waals surface area contributed by atoms with Gasteiger partial charge in [-0.1, -0.05) is 13.8 Å². The van der Waals surface area contributed by atoms with Crippen molar-refractivity contribution >= 4 is 17.2 Å². The summed E-state index contributed by atoms with van der Waals surface area (Å²) in [5.41, 5.74) is 5.29. The Morgan fingerprint density at radius 1 is 1.33 bits per heavy atom. The molecule has 0 aromatic heterocycles. The summed E-state index contributed by atoms with van der Waals surface area (Å²) < 4.78 is 23.6. The van der Waals surface area contributed by atoms with Gasteiger partial charge in [0.25, 0.3) is 0 Å². The zero-order valence-corrected chi connectivity index (χ0v) is 15.1. The normalized spacial score (nSPS) is 24.0. The molecule has 130 valence electrons. The molecule has 1 N–H and O–H groups in total. The van der Waals surface area contributed by atoms with Crippen LogP contribution in [0.1, 0.15) is 61.5 Å². The number of benzene rings is 1. The van der Waals surface area contributed by atoms with Crippen LogP contribution in [-0.4, -0.2) is 25.3 Å². The van der Waals surface area contributed by atoms with E-state index >= 15 is 0 Å². The lowest BCUT2D eigenvalue weighted by Crippen LogP contribution is -2.31. The maximum Gasteiger partial charge on any atom is 0.0796 e. The van der Waals surface area contributed by atoms with Gasteiger partial charge in [0, 0.05) is 23.7 Å². The minimum absolute atomic E-state index is 0.354. The highest BCUT2D eigenvalue weighted by molar-refractivity contribution is 7.79. The van der Waals surface area contributed by atoms with Crippen molar-refractivity contribution in [3.05, 3.63) is 34.0 Å². The molecule has 1 aromatic carbocycles. The molecule has 1 heterocycles. The van der Waals surface area contributed by atoms with E-state index in [1.54, 1.807) is 6.07 Å². The van der Waals surface area contributed by atoms with Crippen molar-refractivity contribution < 1.29 is 13.9 Å². The van der Waals surface area contributed by atoms with E-state index in [1.165, 1.54) is 24.1 Å². The molecule has 0 amide bonds. The van der Waals surface area contributed by atoms with E-state index < -0.39 is 17.2 Å². The fourth-order valence-electron chi connectivity index (χ4n) is 4.18. The molecule has 5 heteroatoms. The summed E-state index contributed by atoms with van der Waals surface area (Å²) in [5.74, 6) is 1.15. The Bertz CT molecular complexity index is 737. The minimum Gasteiger partial charge on any atom is -0.768 e. The SMILES string of the molecule is CC(C)CN1Cc2c(c(S(=O)[O-])cc3c2CCC3O)C=C1C1CC1. The predicted molar refractivity (Wildman–Crippen MR) is 92.9 cm³/mol. The molecule has 2 unspecified atom stereocenters. The van der Waals surface area contributed by atoms with Crippen molar-refractivity contribution in [2.45, 2.75) is 57.1 Å². The number of hydrogen-bond donors (Lipinski definition) is 1. The summed E-state index contributed by atoms with van der Waals surface area (Å²) in [4.78, 5) is 2.79. The van der Waals surface area contributed by atoms with E-state index in [0.29, 0.717) is 23.2 Å². The molecule has 4 rings (SSSR count). The van der Waals surface area contributed by atoms with Crippen molar-refractivity contribution in [2.24, 2.45) is 11.8 Å². The fourth-order valence-corrected chi connectivity index (χ4v) is 4.77. The maximum atomic E-state index is 11.8. The molecule has 2 atom stereocenters. The van der Waals surface area contributed by atoms with Gasteiger partial charge in [-0.3, -0.25) is 4.21 Å². The first-order valence-corrected chi connectivity index (χ1v) is 9.95. The first kappa shape index (κ1) is 16.3. The summed E-state index contributed by atoms with van der Waals surface area (Å²) in [5, 5.41) is 10.2. The van der Waals surface area contributed by atoms with Crippen LogP contribution in [0.4, 0.5) is 0 Å². The van der Waals surface area contributed by atoms with Gasteiger partial charge in [-0.25, -0.2) is 0 Å². The second kappa shape index (κ2) is 5.97. The van der Waals surface area contributed by atoms with Gasteiger partial charge in [-0.15, -0.1) is 0 Å². The quantitative estimate of drug-likeness (QED) is 0.851. The van der Waals surface area contributed by atoms with Crippen molar-refractivity contribution in [3.8, 4) is 0 Å². The van der Waals surface area contributed by atoms with Gasteiger partial charge in [0.2, 0.25) is 0 Å². The first-order valence-electron chi connectivity index (χ1n) is 8.88. The van der Waals surface area contributed by atoms with E-state index in [-0.39, 0.29) is 0 Å². The highest BCUT2D eigenvalue weighted by Crippen LogP contribution is 2.46. The van der Waals surface area contributed by atoms with Gasteiger partial charge in [-0.2, -0.15) is 0 Å². The number of aliphatic hydroxyl groups excluding tert-OH is 1. The third-order valence-electron chi connectivity index (χ3n) is 5.38. The lowest BCUT2D eigenvalue weighted by Gasteiger charge is -2.35. The number of rotatable bonds is 4. The zero-order chi connectivity index (χ0) is 17.0. The van der Waals surface area contributed by atoms with E-state index in [2.05, 4.69) is 24.8 Å². The molecule has 1 fully saturated rings. The van der Waals surface area contributed by atoms with E-state index in [4.69, 9.17) is 0 Å². The smallest absolute Gasteiger partial charge is 0.0796 e. The van der Waals surface area contributed by atoms with Gasteiger partial charge in [-0.05, 0) is 83.0 Å². The second-order valence-corrected chi connectivity index (χ2v) is 8.65. The van der Waals surface area contributed by atoms with Crippen LogP contribution >= 0.6 is 0 Å². The molecule has 4 nitrogen and oxygen atoms in total. The van der Waals surface area contributed by atoms with Crippen molar-refractivity contribution in [1.29, 1.82) is 0 Å². The maximum absolute atomic E-state index is 11.8. The Balaban J connectivity index is 1.87. The molecule has 0 spiro atoms. The largest absolute Gasteiger partial charge is 0.768 e. The Labute approximate surface area is 145 Å². The average Bonchev–Trinajstić information content (AvgIpc) is 3.29. The Kier molecular flexibility index (Phi) is 4.06. The third-order valence-corrected chi connectivity index (χ3v) is 6.08. The van der Waals surface area contributed by atoms with Crippen LogP contribution < -0.4 is 0 Å². The number of fused-ring (bicyclic) bond motifs is 3. The molecule has 0 saturated heterocycles. The van der Waals surface area contributed by atoms with E-state index in [1.807, 2.05) is 0 Å².